The number of ketones is 1. The van der Waals surface area contributed by atoms with E-state index in [1.165, 1.54) is 6.92 Å². The molecule has 0 atom stereocenters. The van der Waals surface area contributed by atoms with Gasteiger partial charge in [-0.2, -0.15) is 0 Å². The number of piperazine rings is 1. The average Bonchev–Trinajstić information content (AvgIpc) is 2.68. The number of carbonyl (C=O) groups excluding carboxylic acids is 2. The highest BCUT2D eigenvalue weighted by Gasteiger charge is 2.20. The number of carbonyl (C=O) groups is 2. The number of Topliss-reactive ketones (excluding diaryl/α,β-unsaturated/α-hetero) is 1. The topological polar surface area (TPSA) is 78.4 Å². The Kier molecular flexibility index (Phi) is 5.81. The standard InChI is InChI=1S/C20H25N5O2/c1-4-24-8-10-25(11-9-24)20-21-13-18(14(2)22-20)19(27)23-17-7-5-6-16(12-17)15(3)26/h5-7,12-13H,4,8-11H2,1-3H3,(H,23,27). The summed E-state index contributed by atoms with van der Waals surface area (Å²) in [6.07, 6.45) is 1.58. The van der Waals surface area contributed by atoms with Crippen LogP contribution in [0, 0.1) is 6.92 Å². The number of benzene rings is 1. The molecular weight excluding hydrogens is 342 g/mol. The minimum atomic E-state index is -0.282. The van der Waals surface area contributed by atoms with Crippen LogP contribution in [0.2, 0.25) is 0 Å². The van der Waals surface area contributed by atoms with E-state index in [9.17, 15) is 9.59 Å². The Morgan fingerprint density at radius 2 is 1.93 bits per heavy atom. The lowest BCUT2D eigenvalue weighted by molar-refractivity contribution is 0.101. The second-order valence-corrected chi connectivity index (χ2v) is 6.68. The first-order chi connectivity index (χ1) is 13.0. The maximum atomic E-state index is 12.6. The lowest BCUT2D eigenvalue weighted by Crippen LogP contribution is -2.46. The van der Waals surface area contributed by atoms with Crippen LogP contribution in [0.15, 0.2) is 30.5 Å². The number of aryl methyl sites for hydroxylation is 1. The van der Waals surface area contributed by atoms with E-state index < -0.39 is 0 Å². The van der Waals surface area contributed by atoms with Gasteiger partial charge in [0.1, 0.15) is 0 Å². The second kappa shape index (κ2) is 8.26. The molecule has 0 unspecified atom stereocenters. The van der Waals surface area contributed by atoms with Crippen LogP contribution in [0.3, 0.4) is 0 Å². The van der Waals surface area contributed by atoms with E-state index in [0.717, 1.165) is 32.7 Å². The number of hydrogen-bond donors (Lipinski definition) is 1. The maximum Gasteiger partial charge on any atom is 0.259 e. The van der Waals surface area contributed by atoms with Crippen molar-refractivity contribution in [2.45, 2.75) is 20.8 Å². The number of rotatable bonds is 5. The van der Waals surface area contributed by atoms with E-state index >= 15 is 0 Å². The number of aromatic nitrogens is 2. The van der Waals surface area contributed by atoms with Gasteiger partial charge in [-0.1, -0.05) is 19.1 Å². The van der Waals surface area contributed by atoms with Crippen molar-refractivity contribution >= 4 is 23.3 Å². The molecule has 2 heterocycles. The predicted molar refractivity (Wildman–Crippen MR) is 105 cm³/mol. The third-order valence-corrected chi connectivity index (χ3v) is 4.84. The first-order valence-electron chi connectivity index (χ1n) is 9.21. The molecule has 7 nitrogen and oxygen atoms in total. The largest absolute Gasteiger partial charge is 0.338 e. The summed E-state index contributed by atoms with van der Waals surface area (Å²) < 4.78 is 0. The first kappa shape index (κ1) is 19.0. The molecule has 1 aliphatic rings. The van der Waals surface area contributed by atoms with E-state index in [0.29, 0.717) is 28.5 Å². The summed E-state index contributed by atoms with van der Waals surface area (Å²) in [5.41, 5.74) is 2.20. The Hall–Kier alpha value is -2.80. The zero-order valence-electron chi connectivity index (χ0n) is 16.0. The average molecular weight is 367 g/mol. The molecule has 1 amide bonds. The van der Waals surface area contributed by atoms with E-state index in [-0.39, 0.29) is 11.7 Å². The fourth-order valence-electron chi connectivity index (χ4n) is 3.11. The molecule has 3 rings (SSSR count). The third-order valence-electron chi connectivity index (χ3n) is 4.84. The zero-order valence-corrected chi connectivity index (χ0v) is 16.0. The van der Waals surface area contributed by atoms with E-state index in [1.54, 1.807) is 30.5 Å². The third kappa shape index (κ3) is 4.49. The molecule has 1 aromatic heterocycles. The smallest absolute Gasteiger partial charge is 0.259 e. The fourth-order valence-corrected chi connectivity index (χ4v) is 3.11. The summed E-state index contributed by atoms with van der Waals surface area (Å²) >= 11 is 0. The molecule has 7 heteroatoms. The molecule has 1 aliphatic heterocycles. The minimum absolute atomic E-state index is 0.0434. The summed E-state index contributed by atoms with van der Waals surface area (Å²) in [6, 6.07) is 6.88. The van der Waals surface area contributed by atoms with Gasteiger partial charge in [-0.25, -0.2) is 9.97 Å². The molecule has 0 aliphatic carbocycles. The SMILES string of the molecule is CCN1CCN(c2ncc(C(=O)Nc3cccc(C(C)=O)c3)c(C)n2)CC1. The molecular formula is C20H25N5O2. The molecule has 27 heavy (non-hydrogen) atoms. The molecule has 0 bridgehead atoms. The first-order valence-corrected chi connectivity index (χ1v) is 9.21. The maximum absolute atomic E-state index is 12.6. The summed E-state index contributed by atoms with van der Waals surface area (Å²) in [5, 5.41) is 2.82. The van der Waals surface area contributed by atoms with Gasteiger partial charge in [0, 0.05) is 43.6 Å². The number of nitrogens with zero attached hydrogens (tertiary/aromatic N) is 4. The van der Waals surface area contributed by atoms with Gasteiger partial charge < -0.3 is 15.1 Å². The highest BCUT2D eigenvalue weighted by atomic mass is 16.1. The summed E-state index contributed by atoms with van der Waals surface area (Å²) in [5.74, 6) is 0.340. The van der Waals surface area contributed by atoms with Crippen LogP contribution in [0.4, 0.5) is 11.6 Å². The lowest BCUT2D eigenvalue weighted by atomic mass is 10.1. The van der Waals surface area contributed by atoms with Crippen molar-refractivity contribution in [2.24, 2.45) is 0 Å². The van der Waals surface area contributed by atoms with Crippen molar-refractivity contribution in [3.8, 4) is 0 Å². The lowest BCUT2D eigenvalue weighted by Gasteiger charge is -2.34. The number of likely N-dealkylation sites (N-methyl/N-ethyl adjacent to an activating group) is 1. The molecule has 1 aromatic carbocycles. The van der Waals surface area contributed by atoms with E-state index in [4.69, 9.17) is 0 Å². The van der Waals surface area contributed by atoms with Crippen molar-refractivity contribution in [3.05, 3.63) is 47.3 Å². The van der Waals surface area contributed by atoms with Crippen LogP contribution in [-0.4, -0.2) is 59.3 Å². The number of nitrogens with one attached hydrogen (secondary N) is 1. The molecule has 1 fully saturated rings. The van der Waals surface area contributed by atoms with Crippen LogP contribution in [-0.2, 0) is 0 Å². The predicted octanol–water partition coefficient (Wildman–Crippen LogP) is 2.38. The van der Waals surface area contributed by atoms with Gasteiger partial charge in [0.2, 0.25) is 5.95 Å². The number of anilines is 2. The molecule has 0 saturated carbocycles. The van der Waals surface area contributed by atoms with Gasteiger partial charge in [-0.05, 0) is 32.5 Å². The van der Waals surface area contributed by atoms with Gasteiger partial charge in [-0.15, -0.1) is 0 Å². The Balaban J connectivity index is 1.71. The van der Waals surface area contributed by atoms with E-state index in [2.05, 4.69) is 32.0 Å². The van der Waals surface area contributed by atoms with Gasteiger partial charge in [-0.3, -0.25) is 9.59 Å². The molecule has 1 N–H and O–H groups in total. The Labute approximate surface area is 159 Å². The van der Waals surface area contributed by atoms with Crippen molar-refractivity contribution < 1.29 is 9.59 Å². The fraction of sp³-hybridized carbons (Fsp3) is 0.400. The Bertz CT molecular complexity index is 844. The number of amides is 1. The summed E-state index contributed by atoms with van der Waals surface area (Å²) in [7, 11) is 0. The summed E-state index contributed by atoms with van der Waals surface area (Å²) in [4.78, 5) is 37.6. The van der Waals surface area contributed by atoms with Crippen LogP contribution >= 0.6 is 0 Å². The highest BCUT2D eigenvalue weighted by Crippen LogP contribution is 2.16. The Morgan fingerprint density at radius 1 is 1.19 bits per heavy atom. The van der Waals surface area contributed by atoms with Crippen LogP contribution in [0.1, 0.15) is 40.3 Å². The van der Waals surface area contributed by atoms with Crippen molar-refractivity contribution in [1.82, 2.24) is 14.9 Å². The van der Waals surface area contributed by atoms with Gasteiger partial charge in [0.25, 0.3) is 5.91 Å². The van der Waals surface area contributed by atoms with Gasteiger partial charge in [0.15, 0.2) is 5.78 Å². The van der Waals surface area contributed by atoms with Crippen LogP contribution < -0.4 is 10.2 Å². The summed E-state index contributed by atoms with van der Waals surface area (Å²) in [6.45, 7) is 10.3. The monoisotopic (exact) mass is 367 g/mol. The van der Waals surface area contributed by atoms with Crippen LogP contribution in [0.25, 0.3) is 0 Å². The molecule has 142 valence electrons. The quantitative estimate of drug-likeness (QED) is 0.818. The molecule has 2 aromatic rings. The normalized spacial score (nSPS) is 14.9. The van der Waals surface area contributed by atoms with Gasteiger partial charge >= 0.3 is 0 Å². The van der Waals surface area contributed by atoms with Gasteiger partial charge in [0.05, 0.1) is 11.3 Å². The van der Waals surface area contributed by atoms with E-state index in [1.807, 2.05) is 6.92 Å². The zero-order chi connectivity index (χ0) is 19.4. The van der Waals surface area contributed by atoms with Crippen molar-refractivity contribution in [2.75, 3.05) is 42.9 Å². The minimum Gasteiger partial charge on any atom is -0.338 e. The molecule has 0 spiro atoms. The van der Waals surface area contributed by atoms with Crippen LogP contribution in [0.5, 0.6) is 0 Å². The highest BCUT2D eigenvalue weighted by molar-refractivity contribution is 6.05. The Morgan fingerprint density at radius 3 is 2.56 bits per heavy atom. The van der Waals surface area contributed by atoms with Crippen molar-refractivity contribution in [1.29, 1.82) is 0 Å². The molecule has 0 radical (unpaired) electrons. The number of hydrogen-bond acceptors (Lipinski definition) is 6. The molecule has 1 saturated heterocycles. The van der Waals surface area contributed by atoms with Crippen molar-refractivity contribution in [3.63, 3.8) is 0 Å². The second-order valence-electron chi connectivity index (χ2n) is 6.68.